The molecule has 0 aliphatic heterocycles. The summed E-state index contributed by atoms with van der Waals surface area (Å²) in [7, 11) is 0. The topological polar surface area (TPSA) is 56.5 Å². The minimum Gasteiger partial charge on any atom is -0.295 e. The molecule has 36 heavy (non-hydrogen) atoms. The maximum atomic E-state index is 5.13. The average molecular weight is 466 g/mol. The van der Waals surface area contributed by atoms with Crippen LogP contribution in [0.2, 0.25) is 0 Å². The van der Waals surface area contributed by atoms with Gasteiger partial charge in [0, 0.05) is 51.8 Å². The third-order valence-corrected chi connectivity index (χ3v) is 7.03. The molecule has 2 aromatic carbocycles. The third-order valence-electron chi connectivity index (χ3n) is 7.03. The number of pyridine rings is 2. The van der Waals surface area contributed by atoms with Gasteiger partial charge < -0.3 is 0 Å². The van der Waals surface area contributed by atoms with Gasteiger partial charge in [-0.2, -0.15) is 0 Å². The molecule has 0 spiro atoms. The van der Waals surface area contributed by atoms with E-state index in [1.807, 2.05) is 60.9 Å². The van der Waals surface area contributed by atoms with Gasteiger partial charge >= 0.3 is 0 Å². The molecule has 6 aromatic rings. The highest BCUT2D eigenvalue weighted by molar-refractivity contribution is 6.00. The van der Waals surface area contributed by atoms with Gasteiger partial charge in [0.25, 0.3) is 0 Å². The number of fused-ring (bicyclic) bond motifs is 5. The van der Waals surface area contributed by atoms with Gasteiger partial charge in [-0.3, -0.25) is 14.5 Å². The van der Waals surface area contributed by atoms with E-state index in [4.69, 9.17) is 19.9 Å². The molecule has 5 heteroatoms. The second-order valence-corrected chi connectivity index (χ2v) is 9.62. The lowest BCUT2D eigenvalue weighted by Crippen LogP contribution is -2.21. The molecule has 0 atom stereocenters. The fourth-order valence-electron chi connectivity index (χ4n) is 5.44. The monoisotopic (exact) mass is 465 g/mol. The van der Waals surface area contributed by atoms with Crippen LogP contribution in [0, 0.1) is 0 Å². The third kappa shape index (κ3) is 2.96. The van der Waals surface area contributed by atoms with Crippen molar-refractivity contribution in [1.82, 2.24) is 24.5 Å². The van der Waals surface area contributed by atoms with Gasteiger partial charge in [0.15, 0.2) is 5.82 Å². The molecule has 1 aliphatic carbocycles. The predicted octanol–water partition coefficient (Wildman–Crippen LogP) is 6.85. The Bertz CT molecular complexity index is 1690. The van der Waals surface area contributed by atoms with Crippen molar-refractivity contribution in [2.24, 2.45) is 0 Å². The Morgan fingerprint density at radius 2 is 1.39 bits per heavy atom. The zero-order chi connectivity index (χ0) is 24.3. The van der Waals surface area contributed by atoms with Gasteiger partial charge in [-0.15, -0.1) is 0 Å². The summed E-state index contributed by atoms with van der Waals surface area (Å²) in [5, 5.41) is 0. The van der Waals surface area contributed by atoms with E-state index < -0.39 is 0 Å². The van der Waals surface area contributed by atoms with Gasteiger partial charge in [0.1, 0.15) is 5.82 Å². The Balaban J connectivity index is 1.58. The molecule has 0 bridgehead atoms. The maximum absolute atomic E-state index is 5.13. The summed E-state index contributed by atoms with van der Waals surface area (Å²) in [5.41, 5.74) is 9.08. The predicted molar refractivity (Wildman–Crippen MR) is 143 cm³/mol. The van der Waals surface area contributed by atoms with Crippen molar-refractivity contribution in [2.75, 3.05) is 0 Å². The maximum Gasteiger partial charge on any atom is 0.162 e. The largest absolute Gasteiger partial charge is 0.295 e. The van der Waals surface area contributed by atoms with Crippen molar-refractivity contribution in [3.8, 4) is 39.6 Å². The Kier molecular flexibility index (Phi) is 4.42. The van der Waals surface area contributed by atoms with Gasteiger partial charge in [-0.25, -0.2) is 9.97 Å². The SMILES string of the molecule is CC1(C)c2ncccc2-c2c1n(-c1cc(-c3ccccc3)nc(-c3ccccc3)n1)c1cccnc21. The van der Waals surface area contributed by atoms with Crippen molar-refractivity contribution in [3.05, 3.63) is 115 Å². The van der Waals surface area contributed by atoms with Crippen LogP contribution in [0.15, 0.2) is 103 Å². The molecule has 0 unspecified atom stereocenters. The highest BCUT2D eigenvalue weighted by Crippen LogP contribution is 2.52. The van der Waals surface area contributed by atoms with Crippen LogP contribution in [0.25, 0.3) is 50.6 Å². The van der Waals surface area contributed by atoms with E-state index in [1.54, 1.807) is 0 Å². The quantitative estimate of drug-likeness (QED) is 0.287. The Morgan fingerprint density at radius 1 is 0.694 bits per heavy atom. The number of hydrogen-bond donors (Lipinski definition) is 0. The van der Waals surface area contributed by atoms with Crippen molar-refractivity contribution < 1.29 is 0 Å². The molecule has 5 nitrogen and oxygen atoms in total. The average Bonchev–Trinajstić information content (AvgIpc) is 3.40. The molecule has 172 valence electrons. The summed E-state index contributed by atoms with van der Waals surface area (Å²) in [6.07, 6.45) is 3.73. The molecule has 0 saturated heterocycles. The van der Waals surface area contributed by atoms with Crippen LogP contribution in [-0.4, -0.2) is 24.5 Å². The molecule has 7 rings (SSSR count). The first-order chi connectivity index (χ1) is 17.6. The number of rotatable bonds is 3. The van der Waals surface area contributed by atoms with Crippen molar-refractivity contribution in [1.29, 1.82) is 0 Å². The van der Waals surface area contributed by atoms with Crippen LogP contribution in [0.1, 0.15) is 25.2 Å². The number of nitrogens with zero attached hydrogens (tertiary/aromatic N) is 5. The molecule has 0 amide bonds. The normalized spacial score (nSPS) is 13.5. The van der Waals surface area contributed by atoms with Gasteiger partial charge in [-0.05, 0) is 32.0 Å². The molecule has 0 radical (unpaired) electrons. The van der Waals surface area contributed by atoms with Crippen LogP contribution in [0.3, 0.4) is 0 Å². The van der Waals surface area contributed by atoms with Crippen LogP contribution in [0.5, 0.6) is 0 Å². The van der Waals surface area contributed by atoms with Crippen LogP contribution >= 0.6 is 0 Å². The van der Waals surface area contributed by atoms with E-state index in [0.29, 0.717) is 5.82 Å². The van der Waals surface area contributed by atoms with Crippen molar-refractivity contribution >= 4 is 11.0 Å². The summed E-state index contributed by atoms with van der Waals surface area (Å²) in [6, 6.07) is 30.8. The first-order valence-electron chi connectivity index (χ1n) is 12.1. The first-order valence-corrected chi connectivity index (χ1v) is 12.1. The zero-order valence-corrected chi connectivity index (χ0v) is 20.1. The molecule has 4 aromatic heterocycles. The Morgan fingerprint density at radius 3 is 2.17 bits per heavy atom. The lowest BCUT2D eigenvalue weighted by Gasteiger charge is -2.23. The molecule has 4 heterocycles. The second kappa shape index (κ2) is 7.68. The zero-order valence-electron chi connectivity index (χ0n) is 20.1. The standard InChI is InChI=1S/C31H23N5/c1-31(2)28-22(15-9-18-33-28)26-27-24(16-10-17-32-27)36(29(26)31)25-19-23(20-11-5-3-6-12-20)34-30(35-25)21-13-7-4-8-14-21/h3-19H,1-2H3. The molecule has 0 N–H and O–H groups in total. The van der Waals surface area contributed by atoms with E-state index in [2.05, 4.69) is 60.9 Å². The van der Waals surface area contributed by atoms with E-state index >= 15 is 0 Å². The van der Waals surface area contributed by atoms with E-state index in [9.17, 15) is 0 Å². The first kappa shape index (κ1) is 20.7. The summed E-state index contributed by atoms with van der Waals surface area (Å²) >= 11 is 0. The van der Waals surface area contributed by atoms with Gasteiger partial charge in [0.2, 0.25) is 0 Å². The molecule has 0 saturated carbocycles. The summed E-state index contributed by atoms with van der Waals surface area (Å²) < 4.78 is 2.26. The minimum atomic E-state index is -0.322. The van der Waals surface area contributed by atoms with Crippen LogP contribution in [0.4, 0.5) is 0 Å². The van der Waals surface area contributed by atoms with Crippen LogP contribution in [-0.2, 0) is 5.41 Å². The van der Waals surface area contributed by atoms with Gasteiger partial charge in [0.05, 0.1) is 22.4 Å². The summed E-state index contributed by atoms with van der Waals surface area (Å²) in [5.74, 6) is 1.51. The lowest BCUT2D eigenvalue weighted by molar-refractivity contribution is 0.602. The Labute approximate surface area is 209 Å². The fourth-order valence-corrected chi connectivity index (χ4v) is 5.44. The molecule has 0 fully saturated rings. The van der Waals surface area contributed by atoms with Gasteiger partial charge in [-0.1, -0.05) is 66.7 Å². The summed E-state index contributed by atoms with van der Waals surface area (Å²) in [4.78, 5) is 19.7. The molecule has 1 aliphatic rings. The second-order valence-electron chi connectivity index (χ2n) is 9.62. The highest BCUT2D eigenvalue weighted by atomic mass is 15.1. The number of benzene rings is 2. The summed E-state index contributed by atoms with van der Waals surface area (Å²) in [6.45, 7) is 4.47. The van der Waals surface area contributed by atoms with E-state index in [1.165, 1.54) is 0 Å². The number of hydrogen-bond acceptors (Lipinski definition) is 4. The number of aromatic nitrogens is 5. The van der Waals surface area contributed by atoms with Crippen LogP contribution < -0.4 is 0 Å². The molecular formula is C31H23N5. The van der Waals surface area contributed by atoms with Crippen molar-refractivity contribution in [2.45, 2.75) is 19.3 Å². The van der Waals surface area contributed by atoms with E-state index in [0.717, 1.165) is 56.2 Å². The van der Waals surface area contributed by atoms with E-state index in [-0.39, 0.29) is 5.41 Å². The minimum absolute atomic E-state index is 0.322. The highest BCUT2D eigenvalue weighted by Gasteiger charge is 2.42. The smallest absolute Gasteiger partial charge is 0.162 e. The Hall–Kier alpha value is -4.64. The molecular weight excluding hydrogens is 442 g/mol. The fraction of sp³-hybridized carbons (Fsp3) is 0.0968. The van der Waals surface area contributed by atoms with Crippen molar-refractivity contribution in [3.63, 3.8) is 0 Å². The lowest BCUT2D eigenvalue weighted by atomic mass is 9.89.